The molecule has 0 aromatic heterocycles. The van der Waals surface area contributed by atoms with Crippen LogP contribution in [-0.4, -0.2) is 60.8 Å². The largest absolute Gasteiger partial charge is 0.465 e. The number of hydrogen-bond donors (Lipinski definition) is 1. The van der Waals surface area contributed by atoms with E-state index in [-0.39, 0.29) is 17.2 Å². The Kier molecular flexibility index (Phi) is 7.28. The minimum Gasteiger partial charge on any atom is -0.465 e. The molecule has 3 heterocycles. The van der Waals surface area contributed by atoms with Crippen LogP contribution < -0.4 is 0 Å². The number of fused-ring (bicyclic) bond motifs is 3. The van der Waals surface area contributed by atoms with Crippen LogP contribution in [-0.2, 0) is 15.4 Å². The Labute approximate surface area is 216 Å². The maximum Gasteiger partial charge on any atom is 0.408 e. The molecule has 2 aromatic carbocycles. The summed E-state index contributed by atoms with van der Waals surface area (Å²) in [6.45, 7) is 13.1. The molecular formula is C29H40N2O4S. The first-order chi connectivity index (χ1) is 16.8. The first-order valence-electron chi connectivity index (χ1n) is 13.0. The number of piperidine rings is 3. The summed E-state index contributed by atoms with van der Waals surface area (Å²) < 4.78 is 25.4. The summed E-state index contributed by atoms with van der Waals surface area (Å²) in [7, 11) is -3.32. The number of hydrogen-bond acceptors (Lipinski definition) is 4. The van der Waals surface area contributed by atoms with Gasteiger partial charge in [0, 0.05) is 6.54 Å². The molecule has 196 valence electrons. The average Bonchev–Trinajstić information content (AvgIpc) is 2.83. The molecule has 7 heteroatoms. The molecule has 3 fully saturated rings. The van der Waals surface area contributed by atoms with E-state index >= 15 is 0 Å². The van der Waals surface area contributed by atoms with Crippen LogP contribution in [0.2, 0.25) is 0 Å². The highest BCUT2D eigenvalue weighted by atomic mass is 32.2. The second-order valence-electron chi connectivity index (χ2n) is 12.1. The summed E-state index contributed by atoms with van der Waals surface area (Å²) in [5.74, 6) is 0.558. The van der Waals surface area contributed by atoms with Crippen molar-refractivity contribution in [2.75, 3.05) is 25.4 Å². The fraction of sp³-hybridized carbons (Fsp3) is 0.552. The molecule has 2 bridgehead atoms. The Bertz CT molecular complexity index is 1170. The number of carboxylic acid groups (broad SMARTS) is 1. The van der Waals surface area contributed by atoms with Crippen molar-refractivity contribution in [3.05, 3.63) is 54.1 Å². The summed E-state index contributed by atoms with van der Waals surface area (Å²) in [5, 5.41) is 10.2. The quantitative estimate of drug-likeness (QED) is 0.502. The first kappa shape index (κ1) is 26.7. The molecule has 2 aromatic rings. The van der Waals surface area contributed by atoms with Gasteiger partial charge in [-0.2, -0.15) is 0 Å². The molecule has 0 radical (unpaired) electrons. The van der Waals surface area contributed by atoms with Gasteiger partial charge < -0.3 is 10.0 Å². The highest BCUT2D eigenvalue weighted by Gasteiger charge is 2.45. The molecule has 6 nitrogen and oxygen atoms in total. The van der Waals surface area contributed by atoms with E-state index in [0.29, 0.717) is 17.2 Å². The fourth-order valence-electron chi connectivity index (χ4n) is 5.64. The Morgan fingerprint density at radius 1 is 0.944 bits per heavy atom. The Balaban J connectivity index is 1.52. The number of carbonyl (C=O) groups is 1. The Morgan fingerprint density at radius 3 is 1.92 bits per heavy atom. The zero-order chi connectivity index (χ0) is 26.3. The van der Waals surface area contributed by atoms with E-state index in [1.165, 1.54) is 0 Å². The van der Waals surface area contributed by atoms with Gasteiger partial charge in [-0.25, -0.2) is 13.2 Å². The lowest BCUT2D eigenvalue weighted by atomic mass is 9.80. The highest BCUT2D eigenvalue weighted by Crippen LogP contribution is 2.38. The maximum atomic E-state index is 12.7. The monoisotopic (exact) mass is 512 g/mol. The van der Waals surface area contributed by atoms with Crippen LogP contribution in [0.25, 0.3) is 11.1 Å². The lowest BCUT2D eigenvalue weighted by molar-refractivity contribution is -0.0289. The van der Waals surface area contributed by atoms with Crippen molar-refractivity contribution in [1.29, 1.82) is 0 Å². The Morgan fingerprint density at radius 2 is 1.47 bits per heavy atom. The van der Waals surface area contributed by atoms with E-state index in [2.05, 4.69) is 4.90 Å². The van der Waals surface area contributed by atoms with Gasteiger partial charge >= 0.3 is 6.09 Å². The predicted molar refractivity (Wildman–Crippen MR) is 144 cm³/mol. The lowest BCUT2D eigenvalue weighted by Gasteiger charge is -2.52. The molecule has 5 rings (SSSR count). The van der Waals surface area contributed by atoms with E-state index in [0.717, 1.165) is 49.2 Å². The van der Waals surface area contributed by atoms with Gasteiger partial charge in [-0.15, -0.1) is 0 Å². The van der Waals surface area contributed by atoms with Gasteiger partial charge in [-0.05, 0) is 86.4 Å². The first-order valence-corrected chi connectivity index (χ1v) is 14.6. The number of rotatable bonds is 7. The third-order valence-electron chi connectivity index (χ3n) is 8.02. The molecule has 1 amide bonds. The third-order valence-corrected chi connectivity index (χ3v) is 9.75. The van der Waals surface area contributed by atoms with E-state index in [4.69, 9.17) is 0 Å². The number of benzene rings is 2. The molecule has 3 aliphatic rings. The van der Waals surface area contributed by atoms with Gasteiger partial charge in [0.15, 0.2) is 9.84 Å². The molecule has 0 saturated carbocycles. The standard InChI is InChI=1S/C29H40N2O4S/c1-28(2,3)16-19-36(34,35)25-12-8-22(9-13-25)21-6-10-24(11-7-21)29(4,5)31(27(32)33)26-20-30-17-14-23(26)15-18-30/h6-13,23,26H,14-20H2,1-5H3,(H,32,33). The number of amides is 1. The molecule has 1 atom stereocenters. The van der Waals surface area contributed by atoms with Crippen molar-refractivity contribution >= 4 is 15.9 Å². The molecular weight excluding hydrogens is 472 g/mol. The topological polar surface area (TPSA) is 77.9 Å². The van der Waals surface area contributed by atoms with E-state index < -0.39 is 21.5 Å². The van der Waals surface area contributed by atoms with E-state index in [1.807, 2.05) is 71.0 Å². The van der Waals surface area contributed by atoms with Crippen LogP contribution in [0.4, 0.5) is 4.79 Å². The number of sulfone groups is 1. The van der Waals surface area contributed by atoms with E-state index in [9.17, 15) is 18.3 Å². The van der Waals surface area contributed by atoms with Crippen LogP contribution in [0.1, 0.15) is 59.4 Å². The highest BCUT2D eigenvalue weighted by molar-refractivity contribution is 7.91. The van der Waals surface area contributed by atoms with Gasteiger partial charge in [-0.3, -0.25) is 4.90 Å². The lowest BCUT2D eigenvalue weighted by Crippen LogP contribution is -2.62. The van der Waals surface area contributed by atoms with Crippen LogP contribution in [0, 0.1) is 11.3 Å². The summed E-state index contributed by atoms with van der Waals surface area (Å²) in [4.78, 5) is 16.9. The van der Waals surface area contributed by atoms with Gasteiger partial charge in [0.25, 0.3) is 0 Å². The van der Waals surface area contributed by atoms with Crippen molar-refractivity contribution in [3.8, 4) is 11.1 Å². The van der Waals surface area contributed by atoms with Crippen molar-refractivity contribution in [3.63, 3.8) is 0 Å². The summed E-state index contributed by atoms with van der Waals surface area (Å²) in [6, 6.07) is 15.1. The van der Waals surface area contributed by atoms with Gasteiger partial charge in [-0.1, -0.05) is 57.2 Å². The van der Waals surface area contributed by atoms with Crippen molar-refractivity contribution in [1.82, 2.24) is 9.80 Å². The zero-order valence-corrected chi connectivity index (χ0v) is 23.0. The molecule has 36 heavy (non-hydrogen) atoms. The smallest absolute Gasteiger partial charge is 0.408 e. The minimum absolute atomic E-state index is 0.00690. The summed E-state index contributed by atoms with van der Waals surface area (Å²) >= 11 is 0. The van der Waals surface area contributed by atoms with Crippen molar-refractivity contribution < 1.29 is 18.3 Å². The summed E-state index contributed by atoms with van der Waals surface area (Å²) in [5.41, 5.74) is 2.15. The number of nitrogens with zero attached hydrogens (tertiary/aromatic N) is 2. The molecule has 3 saturated heterocycles. The predicted octanol–water partition coefficient (Wildman–Crippen LogP) is 5.87. The van der Waals surface area contributed by atoms with E-state index in [1.54, 1.807) is 17.0 Å². The molecule has 1 N–H and O–H groups in total. The van der Waals surface area contributed by atoms with Crippen LogP contribution in [0.3, 0.4) is 0 Å². The van der Waals surface area contributed by atoms with Gasteiger partial charge in [0.2, 0.25) is 0 Å². The summed E-state index contributed by atoms with van der Waals surface area (Å²) in [6.07, 6.45) is 1.86. The van der Waals surface area contributed by atoms with Crippen LogP contribution in [0.5, 0.6) is 0 Å². The SMILES string of the molecule is CC(C)(C)CCS(=O)(=O)c1ccc(-c2ccc(C(C)(C)N(C(=O)O)C3CN4CCC3CC4)cc2)cc1. The van der Waals surface area contributed by atoms with Gasteiger partial charge in [0.1, 0.15) is 0 Å². The van der Waals surface area contributed by atoms with Gasteiger partial charge in [0.05, 0.1) is 22.2 Å². The third kappa shape index (κ3) is 5.62. The van der Waals surface area contributed by atoms with Crippen molar-refractivity contribution in [2.45, 2.75) is 70.4 Å². The second-order valence-corrected chi connectivity index (χ2v) is 14.3. The molecule has 0 spiro atoms. The molecule has 0 aliphatic carbocycles. The second kappa shape index (κ2) is 9.82. The van der Waals surface area contributed by atoms with Crippen LogP contribution >= 0.6 is 0 Å². The molecule has 3 aliphatic heterocycles. The van der Waals surface area contributed by atoms with Crippen LogP contribution in [0.15, 0.2) is 53.4 Å². The molecule has 1 unspecified atom stereocenters. The average molecular weight is 513 g/mol. The zero-order valence-electron chi connectivity index (χ0n) is 22.2. The fourth-order valence-corrected chi connectivity index (χ4v) is 7.31. The maximum absolute atomic E-state index is 12.7. The minimum atomic E-state index is -3.32. The Hall–Kier alpha value is -2.38. The normalized spacial score (nSPS) is 22.4. The van der Waals surface area contributed by atoms with Crippen molar-refractivity contribution in [2.24, 2.45) is 11.3 Å².